The summed E-state index contributed by atoms with van der Waals surface area (Å²) < 4.78 is 2.31. The van der Waals surface area contributed by atoms with E-state index in [0.717, 1.165) is 38.6 Å². The SMILES string of the molecule is CCCCCCCCCCCc1cncn1CCCCCCCC(=O)O. The highest BCUT2D eigenvalue weighted by molar-refractivity contribution is 5.66. The quantitative estimate of drug-likeness (QED) is 0.307. The first-order valence-electron chi connectivity index (χ1n) is 10.9. The van der Waals surface area contributed by atoms with Gasteiger partial charge in [0.2, 0.25) is 0 Å². The molecule has 0 aliphatic carbocycles. The molecule has 0 amide bonds. The van der Waals surface area contributed by atoms with Gasteiger partial charge in [0.05, 0.1) is 6.33 Å². The van der Waals surface area contributed by atoms with E-state index in [1.165, 1.54) is 69.9 Å². The van der Waals surface area contributed by atoms with Crippen molar-refractivity contribution in [2.24, 2.45) is 0 Å². The fourth-order valence-electron chi connectivity index (χ4n) is 3.46. The Kier molecular flexibility index (Phi) is 13.9. The Morgan fingerprint density at radius 2 is 1.46 bits per heavy atom. The van der Waals surface area contributed by atoms with Crippen molar-refractivity contribution in [3.8, 4) is 0 Å². The molecule has 150 valence electrons. The summed E-state index contributed by atoms with van der Waals surface area (Å²) in [5.41, 5.74) is 1.37. The highest BCUT2D eigenvalue weighted by Crippen LogP contribution is 2.13. The van der Waals surface area contributed by atoms with Crippen LogP contribution in [-0.2, 0) is 17.8 Å². The molecule has 0 aliphatic rings. The Labute approximate surface area is 160 Å². The zero-order valence-electron chi connectivity index (χ0n) is 16.9. The van der Waals surface area contributed by atoms with Crippen LogP contribution in [0, 0.1) is 0 Å². The van der Waals surface area contributed by atoms with Crippen LogP contribution in [0.4, 0.5) is 0 Å². The molecule has 1 rings (SSSR count). The lowest BCUT2D eigenvalue weighted by molar-refractivity contribution is -0.137. The molecule has 0 spiro atoms. The van der Waals surface area contributed by atoms with E-state index in [0.29, 0.717) is 6.42 Å². The van der Waals surface area contributed by atoms with Crippen molar-refractivity contribution in [3.63, 3.8) is 0 Å². The summed E-state index contributed by atoms with van der Waals surface area (Å²) in [7, 11) is 0. The summed E-state index contributed by atoms with van der Waals surface area (Å²) in [6.07, 6.45) is 23.1. The van der Waals surface area contributed by atoms with Crippen molar-refractivity contribution in [2.45, 2.75) is 116 Å². The number of nitrogens with zero attached hydrogens (tertiary/aromatic N) is 2. The number of aryl methyl sites for hydroxylation is 2. The Morgan fingerprint density at radius 3 is 2.12 bits per heavy atom. The summed E-state index contributed by atoms with van der Waals surface area (Å²) in [6.45, 7) is 3.32. The summed E-state index contributed by atoms with van der Waals surface area (Å²) in [5, 5.41) is 8.62. The molecule has 0 bridgehead atoms. The maximum absolute atomic E-state index is 10.5. The van der Waals surface area contributed by atoms with Crippen molar-refractivity contribution >= 4 is 5.97 Å². The second-order valence-corrected chi connectivity index (χ2v) is 7.57. The van der Waals surface area contributed by atoms with Crippen LogP contribution in [0.1, 0.15) is 109 Å². The standard InChI is InChI=1S/C22H40N2O2/c1-2-3-4-5-6-7-8-10-13-16-21-19-23-20-24(21)18-15-12-9-11-14-17-22(25)26/h19-20H,2-18H2,1H3,(H,25,26). The lowest BCUT2D eigenvalue weighted by Crippen LogP contribution is -2.02. The molecule has 0 aromatic carbocycles. The molecule has 0 saturated carbocycles. The second-order valence-electron chi connectivity index (χ2n) is 7.57. The zero-order chi connectivity index (χ0) is 18.9. The van der Waals surface area contributed by atoms with E-state index in [4.69, 9.17) is 5.11 Å². The fraction of sp³-hybridized carbons (Fsp3) is 0.818. The van der Waals surface area contributed by atoms with Gasteiger partial charge in [-0.05, 0) is 25.7 Å². The third-order valence-corrected chi connectivity index (χ3v) is 5.12. The number of carboxylic acids is 1. The van der Waals surface area contributed by atoms with E-state index in [-0.39, 0.29) is 0 Å². The minimum atomic E-state index is -0.676. The topological polar surface area (TPSA) is 55.1 Å². The number of rotatable bonds is 18. The zero-order valence-corrected chi connectivity index (χ0v) is 16.9. The second kappa shape index (κ2) is 15.9. The maximum atomic E-state index is 10.5. The smallest absolute Gasteiger partial charge is 0.303 e. The highest BCUT2D eigenvalue weighted by atomic mass is 16.4. The number of aliphatic carboxylic acids is 1. The number of aromatic nitrogens is 2. The fourth-order valence-corrected chi connectivity index (χ4v) is 3.46. The van der Waals surface area contributed by atoms with E-state index in [1.807, 2.05) is 12.5 Å². The number of hydrogen-bond acceptors (Lipinski definition) is 2. The van der Waals surface area contributed by atoms with Gasteiger partial charge in [-0.3, -0.25) is 4.79 Å². The Morgan fingerprint density at radius 1 is 0.885 bits per heavy atom. The van der Waals surface area contributed by atoms with Crippen molar-refractivity contribution in [1.82, 2.24) is 9.55 Å². The maximum Gasteiger partial charge on any atom is 0.303 e. The van der Waals surface area contributed by atoms with Crippen LogP contribution in [0.15, 0.2) is 12.5 Å². The average Bonchev–Trinajstić information content (AvgIpc) is 3.06. The van der Waals surface area contributed by atoms with Crippen molar-refractivity contribution < 1.29 is 9.90 Å². The molecule has 1 heterocycles. The van der Waals surface area contributed by atoms with Gasteiger partial charge < -0.3 is 9.67 Å². The van der Waals surface area contributed by atoms with E-state index in [2.05, 4.69) is 16.5 Å². The van der Waals surface area contributed by atoms with Gasteiger partial charge in [-0.15, -0.1) is 0 Å². The third-order valence-electron chi connectivity index (χ3n) is 5.12. The lowest BCUT2D eigenvalue weighted by atomic mass is 10.1. The predicted molar refractivity (Wildman–Crippen MR) is 108 cm³/mol. The first-order chi connectivity index (χ1) is 12.7. The van der Waals surface area contributed by atoms with Crippen LogP contribution >= 0.6 is 0 Å². The summed E-state index contributed by atoms with van der Waals surface area (Å²) in [5.74, 6) is -0.676. The number of imidazole rings is 1. The summed E-state index contributed by atoms with van der Waals surface area (Å²) in [4.78, 5) is 14.8. The molecule has 4 nitrogen and oxygen atoms in total. The minimum Gasteiger partial charge on any atom is -0.481 e. The van der Waals surface area contributed by atoms with Gasteiger partial charge in [-0.25, -0.2) is 4.98 Å². The predicted octanol–water partition coefficient (Wildman–Crippen LogP) is 6.38. The Hall–Kier alpha value is -1.32. The van der Waals surface area contributed by atoms with Gasteiger partial charge in [0, 0.05) is 24.9 Å². The van der Waals surface area contributed by atoms with Crippen molar-refractivity contribution in [1.29, 1.82) is 0 Å². The van der Waals surface area contributed by atoms with E-state index in [9.17, 15) is 4.79 Å². The molecule has 4 heteroatoms. The lowest BCUT2D eigenvalue weighted by Gasteiger charge is -2.08. The van der Waals surface area contributed by atoms with Crippen LogP contribution in [0.3, 0.4) is 0 Å². The molecule has 1 aromatic heterocycles. The van der Waals surface area contributed by atoms with Gasteiger partial charge in [-0.1, -0.05) is 77.6 Å². The van der Waals surface area contributed by atoms with Crippen LogP contribution in [0.25, 0.3) is 0 Å². The molecule has 0 radical (unpaired) electrons. The Balaban J connectivity index is 2.00. The minimum absolute atomic E-state index is 0.310. The number of unbranched alkanes of at least 4 members (excludes halogenated alkanes) is 12. The highest BCUT2D eigenvalue weighted by Gasteiger charge is 2.02. The molecule has 1 N–H and O–H groups in total. The van der Waals surface area contributed by atoms with Gasteiger partial charge >= 0.3 is 5.97 Å². The van der Waals surface area contributed by atoms with Crippen molar-refractivity contribution in [2.75, 3.05) is 0 Å². The largest absolute Gasteiger partial charge is 0.481 e. The van der Waals surface area contributed by atoms with Crippen LogP contribution < -0.4 is 0 Å². The molecular weight excluding hydrogens is 324 g/mol. The van der Waals surface area contributed by atoms with Crippen LogP contribution in [0.5, 0.6) is 0 Å². The number of carbonyl (C=O) groups is 1. The molecule has 0 aliphatic heterocycles. The molecular formula is C22H40N2O2. The van der Waals surface area contributed by atoms with Gasteiger partial charge in [-0.2, -0.15) is 0 Å². The Bertz CT molecular complexity index is 457. The van der Waals surface area contributed by atoms with Gasteiger partial charge in [0.1, 0.15) is 0 Å². The van der Waals surface area contributed by atoms with Gasteiger partial charge in [0.15, 0.2) is 0 Å². The summed E-state index contributed by atoms with van der Waals surface area (Å²) >= 11 is 0. The first kappa shape index (κ1) is 22.7. The molecule has 26 heavy (non-hydrogen) atoms. The molecule has 1 aromatic rings. The van der Waals surface area contributed by atoms with E-state index >= 15 is 0 Å². The average molecular weight is 365 g/mol. The third kappa shape index (κ3) is 12.1. The molecule has 0 fully saturated rings. The molecule has 0 unspecified atom stereocenters. The molecule has 0 atom stereocenters. The van der Waals surface area contributed by atoms with Crippen LogP contribution in [-0.4, -0.2) is 20.6 Å². The number of carboxylic acid groups (broad SMARTS) is 1. The van der Waals surface area contributed by atoms with E-state index in [1.54, 1.807) is 0 Å². The number of hydrogen-bond donors (Lipinski definition) is 1. The van der Waals surface area contributed by atoms with E-state index < -0.39 is 5.97 Å². The van der Waals surface area contributed by atoms with Gasteiger partial charge in [0.25, 0.3) is 0 Å². The van der Waals surface area contributed by atoms with Crippen LogP contribution in [0.2, 0.25) is 0 Å². The normalized spacial score (nSPS) is 11.1. The monoisotopic (exact) mass is 364 g/mol. The molecule has 0 saturated heterocycles. The first-order valence-corrected chi connectivity index (χ1v) is 10.9. The van der Waals surface area contributed by atoms with Crippen molar-refractivity contribution in [3.05, 3.63) is 18.2 Å². The summed E-state index contributed by atoms with van der Waals surface area (Å²) in [6, 6.07) is 0.